The van der Waals surface area contributed by atoms with E-state index >= 15 is 0 Å². The van der Waals surface area contributed by atoms with Gasteiger partial charge in [0.1, 0.15) is 0 Å². The minimum absolute atomic E-state index is 0.381. The van der Waals surface area contributed by atoms with Gasteiger partial charge in [0, 0.05) is 22.7 Å². The summed E-state index contributed by atoms with van der Waals surface area (Å²) in [5.41, 5.74) is 8.23. The molecule has 1 rings (SSSR count). The van der Waals surface area contributed by atoms with E-state index in [0.29, 0.717) is 12.6 Å². The number of halogens is 1. The van der Waals surface area contributed by atoms with Crippen molar-refractivity contribution in [2.45, 2.75) is 26.4 Å². The lowest BCUT2D eigenvalue weighted by atomic mass is 10.1. The number of aryl methyl sites for hydroxylation is 1. The summed E-state index contributed by atoms with van der Waals surface area (Å²) in [4.78, 5) is 0. The van der Waals surface area contributed by atoms with Gasteiger partial charge >= 0.3 is 0 Å². The molecule has 0 aliphatic rings. The molecule has 0 amide bonds. The van der Waals surface area contributed by atoms with E-state index in [9.17, 15) is 0 Å². The zero-order chi connectivity index (χ0) is 10.6. The van der Waals surface area contributed by atoms with Crippen LogP contribution in [-0.2, 0) is 6.54 Å². The van der Waals surface area contributed by atoms with E-state index in [2.05, 4.69) is 60.0 Å². The fraction of sp³-hybridized carbons (Fsp3) is 0.455. The molecule has 1 atom stereocenters. The van der Waals surface area contributed by atoms with Gasteiger partial charge in [0.2, 0.25) is 0 Å². The van der Waals surface area contributed by atoms with Crippen molar-refractivity contribution in [1.29, 1.82) is 0 Å². The van der Waals surface area contributed by atoms with Crippen LogP contribution in [0.2, 0.25) is 0 Å². The van der Waals surface area contributed by atoms with Crippen LogP contribution in [0.1, 0.15) is 18.1 Å². The molecule has 0 radical (unpaired) electrons. The summed E-state index contributed by atoms with van der Waals surface area (Å²) in [6.07, 6.45) is 0. The van der Waals surface area contributed by atoms with Crippen LogP contribution in [0.15, 0.2) is 18.2 Å². The molecule has 0 aromatic heterocycles. The molecule has 0 bridgehead atoms. The third-order valence-corrected chi connectivity index (χ3v) is 3.81. The van der Waals surface area contributed by atoms with Crippen molar-refractivity contribution in [3.05, 3.63) is 32.9 Å². The molecule has 0 heterocycles. The van der Waals surface area contributed by atoms with Gasteiger partial charge in [-0.2, -0.15) is 0 Å². The predicted octanol–water partition coefficient (Wildman–Crippen LogP) is 2.04. The maximum Gasteiger partial charge on any atom is 0.0219 e. The summed E-state index contributed by atoms with van der Waals surface area (Å²) in [5.74, 6) is 0. The highest BCUT2D eigenvalue weighted by atomic mass is 127. The predicted molar refractivity (Wildman–Crippen MR) is 69.3 cm³/mol. The Morgan fingerprint density at radius 1 is 1.50 bits per heavy atom. The summed E-state index contributed by atoms with van der Waals surface area (Å²) in [6.45, 7) is 5.82. The molecule has 1 unspecified atom stereocenters. The topological polar surface area (TPSA) is 38.0 Å². The highest BCUT2D eigenvalue weighted by Crippen LogP contribution is 2.16. The maximum atomic E-state index is 5.54. The zero-order valence-electron chi connectivity index (χ0n) is 8.68. The monoisotopic (exact) mass is 304 g/mol. The third kappa shape index (κ3) is 3.22. The molecule has 3 N–H and O–H groups in total. The number of hydrogen-bond donors (Lipinski definition) is 2. The summed E-state index contributed by atoms with van der Waals surface area (Å²) < 4.78 is 1.35. The quantitative estimate of drug-likeness (QED) is 0.836. The van der Waals surface area contributed by atoms with Gasteiger partial charge in [0.15, 0.2) is 0 Å². The fourth-order valence-corrected chi connectivity index (χ4v) is 1.76. The number of benzene rings is 1. The van der Waals surface area contributed by atoms with Crippen molar-refractivity contribution < 1.29 is 0 Å². The number of nitrogens with one attached hydrogen (secondary N) is 1. The normalized spacial score (nSPS) is 12.9. The van der Waals surface area contributed by atoms with E-state index in [1.807, 2.05) is 0 Å². The molecular weight excluding hydrogens is 287 g/mol. The van der Waals surface area contributed by atoms with Crippen molar-refractivity contribution in [3.63, 3.8) is 0 Å². The standard InChI is InChI=1S/C11H17IN2/c1-8-4-3-5-10(11(8)12)7-14-9(2)6-13/h3-5,9,14H,6-7,13H2,1-2H3. The van der Waals surface area contributed by atoms with Crippen molar-refractivity contribution in [3.8, 4) is 0 Å². The van der Waals surface area contributed by atoms with Gasteiger partial charge in [0.05, 0.1) is 0 Å². The van der Waals surface area contributed by atoms with Crippen molar-refractivity contribution in [2.24, 2.45) is 5.73 Å². The largest absolute Gasteiger partial charge is 0.329 e. The Balaban J connectivity index is 2.63. The van der Waals surface area contributed by atoms with Crippen LogP contribution < -0.4 is 11.1 Å². The second-order valence-electron chi connectivity index (χ2n) is 3.57. The smallest absolute Gasteiger partial charge is 0.0219 e. The van der Waals surface area contributed by atoms with Crippen molar-refractivity contribution in [1.82, 2.24) is 5.32 Å². The second-order valence-corrected chi connectivity index (χ2v) is 4.64. The first kappa shape index (κ1) is 11.9. The van der Waals surface area contributed by atoms with Gasteiger partial charge in [-0.15, -0.1) is 0 Å². The summed E-state index contributed by atoms with van der Waals surface area (Å²) in [5, 5.41) is 3.39. The first-order valence-electron chi connectivity index (χ1n) is 4.82. The minimum atomic E-state index is 0.381. The number of nitrogens with two attached hydrogens (primary N) is 1. The molecule has 1 aromatic rings. The maximum absolute atomic E-state index is 5.54. The van der Waals surface area contributed by atoms with Crippen LogP contribution in [0.3, 0.4) is 0 Å². The SMILES string of the molecule is Cc1cccc(CNC(C)CN)c1I. The van der Waals surface area contributed by atoms with Crippen LogP contribution in [0.4, 0.5) is 0 Å². The first-order valence-corrected chi connectivity index (χ1v) is 5.90. The lowest BCUT2D eigenvalue weighted by molar-refractivity contribution is 0.555. The molecular formula is C11H17IN2. The van der Waals surface area contributed by atoms with Crippen LogP contribution in [0.5, 0.6) is 0 Å². The van der Waals surface area contributed by atoms with Gasteiger partial charge in [-0.25, -0.2) is 0 Å². The van der Waals surface area contributed by atoms with Gasteiger partial charge in [-0.1, -0.05) is 18.2 Å². The Morgan fingerprint density at radius 2 is 2.21 bits per heavy atom. The molecule has 2 nitrogen and oxygen atoms in total. The van der Waals surface area contributed by atoms with E-state index in [-0.39, 0.29) is 0 Å². The molecule has 3 heteroatoms. The van der Waals surface area contributed by atoms with E-state index in [1.165, 1.54) is 14.7 Å². The molecule has 0 saturated carbocycles. The van der Waals surface area contributed by atoms with Gasteiger partial charge in [-0.05, 0) is 47.6 Å². The Morgan fingerprint density at radius 3 is 2.86 bits per heavy atom. The lowest BCUT2D eigenvalue weighted by Crippen LogP contribution is -2.32. The average Bonchev–Trinajstić information content (AvgIpc) is 2.20. The van der Waals surface area contributed by atoms with E-state index in [4.69, 9.17) is 5.73 Å². The zero-order valence-corrected chi connectivity index (χ0v) is 10.8. The highest BCUT2D eigenvalue weighted by molar-refractivity contribution is 14.1. The van der Waals surface area contributed by atoms with Gasteiger partial charge < -0.3 is 11.1 Å². The van der Waals surface area contributed by atoms with E-state index in [0.717, 1.165) is 6.54 Å². The second kappa shape index (κ2) is 5.68. The molecule has 0 saturated heterocycles. The van der Waals surface area contributed by atoms with E-state index < -0.39 is 0 Å². The van der Waals surface area contributed by atoms with Crippen LogP contribution in [-0.4, -0.2) is 12.6 Å². The molecule has 0 spiro atoms. The lowest BCUT2D eigenvalue weighted by Gasteiger charge is -2.13. The van der Waals surface area contributed by atoms with Crippen LogP contribution in [0, 0.1) is 10.5 Å². The average molecular weight is 304 g/mol. The minimum Gasteiger partial charge on any atom is -0.329 e. The van der Waals surface area contributed by atoms with Crippen molar-refractivity contribution >= 4 is 22.6 Å². The fourth-order valence-electron chi connectivity index (χ4n) is 1.21. The highest BCUT2D eigenvalue weighted by Gasteiger charge is 2.03. The third-order valence-electron chi connectivity index (χ3n) is 2.27. The van der Waals surface area contributed by atoms with E-state index in [1.54, 1.807) is 0 Å². The first-order chi connectivity index (χ1) is 6.65. The van der Waals surface area contributed by atoms with Gasteiger partial charge in [0.25, 0.3) is 0 Å². The Kier molecular flexibility index (Phi) is 4.84. The summed E-state index contributed by atoms with van der Waals surface area (Å²) >= 11 is 2.39. The van der Waals surface area contributed by atoms with Crippen LogP contribution in [0.25, 0.3) is 0 Å². The Hall–Kier alpha value is -0.130. The molecule has 1 aromatic carbocycles. The molecule has 78 valence electrons. The molecule has 0 aliphatic heterocycles. The van der Waals surface area contributed by atoms with Crippen molar-refractivity contribution in [2.75, 3.05) is 6.54 Å². The van der Waals surface area contributed by atoms with Crippen LogP contribution >= 0.6 is 22.6 Å². The summed E-state index contributed by atoms with van der Waals surface area (Å²) in [6, 6.07) is 6.77. The molecule has 0 fully saturated rings. The Labute approximate surface area is 99.4 Å². The molecule has 0 aliphatic carbocycles. The van der Waals surface area contributed by atoms with Gasteiger partial charge in [-0.3, -0.25) is 0 Å². The number of rotatable bonds is 4. The summed E-state index contributed by atoms with van der Waals surface area (Å²) in [7, 11) is 0. The molecule has 14 heavy (non-hydrogen) atoms. The Bertz CT molecular complexity index is 299. The number of hydrogen-bond acceptors (Lipinski definition) is 2.